The number of ether oxygens (including phenoxy) is 1. The number of anilines is 1. The Bertz CT molecular complexity index is 328. The van der Waals surface area contributed by atoms with Gasteiger partial charge in [-0.05, 0) is 28.2 Å². The summed E-state index contributed by atoms with van der Waals surface area (Å²) in [6, 6.07) is 0. The van der Waals surface area contributed by atoms with Crippen LogP contribution in [0.2, 0.25) is 0 Å². The zero-order chi connectivity index (χ0) is 9.54. The largest absolute Gasteiger partial charge is 0.381 e. The number of nitrogens with zero attached hydrogens (tertiary/aromatic N) is 4. The molecule has 2 aliphatic rings. The van der Waals surface area contributed by atoms with Gasteiger partial charge in [-0.3, -0.25) is 0 Å². The lowest BCUT2D eigenvalue weighted by molar-refractivity contribution is 0.153. The highest BCUT2D eigenvalue weighted by molar-refractivity contribution is 5.22. The summed E-state index contributed by atoms with van der Waals surface area (Å²) in [5, 5.41) is 14.4. The highest BCUT2D eigenvalue weighted by atomic mass is 16.5. The van der Waals surface area contributed by atoms with Crippen molar-refractivity contribution in [2.24, 2.45) is 24.8 Å². The molecule has 2 atom stereocenters. The second-order valence-electron chi connectivity index (χ2n) is 4.04. The molecule has 76 valence electrons. The second kappa shape index (κ2) is 2.91. The molecule has 1 N–H and O–H groups in total. The SMILES string of the molecule is Cn1nnnc1NCC1C2COCC12. The summed E-state index contributed by atoms with van der Waals surface area (Å²) in [5.41, 5.74) is 0. The smallest absolute Gasteiger partial charge is 0.242 e. The number of nitrogens with one attached hydrogen (secondary N) is 1. The van der Waals surface area contributed by atoms with Gasteiger partial charge in [-0.2, -0.15) is 0 Å². The molecular formula is C8H13N5O. The number of aromatic nitrogens is 4. The van der Waals surface area contributed by atoms with E-state index in [4.69, 9.17) is 4.74 Å². The summed E-state index contributed by atoms with van der Waals surface area (Å²) in [5.74, 6) is 3.07. The highest BCUT2D eigenvalue weighted by Gasteiger charge is 2.53. The molecule has 1 aliphatic carbocycles. The average Bonchev–Trinajstić information content (AvgIpc) is 2.57. The molecule has 2 unspecified atom stereocenters. The molecule has 0 amide bonds. The first-order valence-corrected chi connectivity index (χ1v) is 4.90. The lowest BCUT2D eigenvalue weighted by Gasteiger charge is -2.05. The molecular weight excluding hydrogens is 182 g/mol. The fourth-order valence-electron chi connectivity index (χ4n) is 2.25. The van der Waals surface area contributed by atoms with E-state index in [2.05, 4.69) is 20.8 Å². The zero-order valence-electron chi connectivity index (χ0n) is 8.05. The van der Waals surface area contributed by atoms with E-state index in [-0.39, 0.29) is 0 Å². The predicted octanol–water partition coefficient (Wildman–Crippen LogP) is -0.486. The van der Waals surface area contributed by atoms with Gasteiger partial charge in [0.25, 0.3) is 0 Å². The quantitative estimate of drug-likeness (QED) is 0.705. The van der Waals surface area contributed by atoms with E-state index in [9.17, 15) is 0 Å². The molecule has 0 radical (unpaired) electrons. The third kappa shape index (κ3) is 1.18. The van der Waals surface area contributed by atoms with Crippen LogP contribution in [0.25, 0.3) is 0 Å². The molecule has 1 aromatic rings. The summed E-state index contributed by atoms with van der Waals surface area (Å²) in [6.07, 6.45) is 0. The molecule has 0 aromatic carbocycles. The van der Waals surface area contributed by atoms with Crippen LogP contribution >= 0.6 is 0 Å². The van der Waals surface area contributed by atoms with Crippen molar-refractivity contribution in [2.75, 3.05) is 25.1 Å². The van der Waals surface area contributed by atoms with Gasteiger partial charge in [0.15, 0.2) is 0 Å². The molecule has 1 aliphatic heterocycles. The lowest BCUT2D eigenvalue weighted by Crippen LogP contribution is -2.13. The molecule has 6 heteroatoms. The number of tetrazole rings is 1. The van der Waals surface area contributed by atoms with Gasteiger partial charge in [-0.15, -0.1) is 0 Å². The van der Waals surface area contributed by atoms with Crippen LogP contribution in [0.15, 0.2) is 0 Å². The van der Waals surface area contributed by atoms with Crippen molar-refractivity contribution in [1.82, 2.24) is 20.2 Å². The first-order valence-electron chi connectivity index (χ1n) is 4.90. The fraction of sp³-hybridized carbons (Fsp3) is 0.875. The van der Waals surface area contributed by atoms with Gasteiger partial charge in [0.1, 0.15) is 0 Å². The maximum Gasteiger partial charge on any atom is 0.242 e. The molecule has 0 spiro atoms. The summed E-state index contributed by atoms with van der Waals surface area (Å²) in [6.45, 7) is 2.84. The average molecular weight is 195 g/mol. The van der Waals surface area contributed by atoms with Crippen molar-refractivity contribution in [3.8, 4) is 0 Å². The molecule has 0 bridgehead atoms. The van der Waals surface area contributed by atoms with E-state index in [1.165, 1.54) is 0 Å². The summed E-state index contributed by atoms with van der Waals surface area (Å²) >= 11 is 0. The normalized spacial score (nSPS) is 34.2. The number of fused-ring (bicyclic) bond motifs is 1. The van der Waals surface area contributed by atoms with Gasteiger partial charge in [-0.25, -0.2) is 4.68 Å². The third-order valence-corrected chi connectivity index (χ3v) is 3.25. The Labute approximate surface area is 81.6 Å². The number of aryl methyl sites for hydroxylation is 1. The van der Waals surface area contributed by atoms with Gasteiger partial charge in [0, 0.05) is 13.6 Å². The summed E-state index contributed by atoms with van der Waals surface area (Å²) in [7, 11) is 1.83. The van der Waals surface area contributed by atoms with Crippen molar-refractivity contribution in [1.29, 1.82) is 0 Å². The predicted molar refractivity (Wildman–Crippen MR) is 48.6 cm³/mol. The van der Waals surface area contributed by atoms with E-state index < -0.39 is 0 Å². The maximum absolute atomic E-state index is 5.32. The lowest BCUT2D eigenvalue weighted by atomic mass is 10.3. The van der Waals surface area contributed by atoms with Crippen molar-refractivity contribution in [2.45, 2.75) is 0 Å². The number of hydrogen-bond donors (Lipinski definition) is 1. The Kier molecular flexibility index (Phi) is 1.70. The van der Waals surface area contributed by atoms with E-state index in [0.717, 1.165) is 43.5 Å². The summed E-state index contributed by atoms with van der Waals surface area (Å²) in [4.78, 5) is 0. The van der Waals surface area contributed by atoms with Crippen molar-refractivity contribution in [3.05, 3.63) is 0 Å². The van der Waals surface area contributed by atoms with Crippen LogP contribution in [0.5, 0.6) is 0 Å². The van der Waals surface area contributed by atoms with Crippen LogP contribution in [-0.2, 0) is 11.8 Å². The Balaban J connectivity index is 1.54. The van der Waals surface area contributed by atoms with Crippen LogP contribution in [0.1, 0.15) is 0 Å². The first kappa shape index (κ1) is 8.16. The molecule has 14 heavy (non-hydrogen) atoms. The first-order chi connectivity index (χ1) is 6.86. The maximum atomic E-state index is 5.32. The number of rotatable bonds is 3. The van der Waals surface area contributed by atoms with Gasteiger partial charge >= 0.3 is 0 Å². The monoisotopic (exact) mass is 195 g/mol. The Morgan fingerprint density at radius 1 is 1.50 bits per heavy atom. The van der Waals surface area contributed by atoms with E-state index >= 15 is 0 Å². The van der Waals surface area contributed by atoms with Crippen molar-refractivity contribution < 1.29 is 4.74 Å². The topological polar surface area (TPSA) is 64.9 Å². The molecule has 3 rings (SSSR count). The number of hydrogen-bond acceptors (Lipinski definition) is 5. The Morgan fingerprint density at radius 3 is 2.93 bits per heavy atom. The minimum absolute atomic E-state index is 0.746. The van der Waals surface area contributed by atoms with Gasteiger partial charge in [0.05, 0.1) is 13.2 Å². The van der Waals surface area contributed by atoms with Crippen LogP contribution in [-0.4, -0.2) is 40.0 Å². The zero-order valence-corrected chi connectivity index (χ0v) is 8.05. The standard InChI is InChI=1S/C8H13N5O/c1-13-8(10-11-12-13)9-2-5-6-3-14-4-7(5)6/h5-7H,2-4H2,1H3,(H,9,10,12). The van der Waals surface area contributed by atoms with Gasteiger partial charge in [-0.1, -0.05) is 5.10 Å². The third-order valence-electron chi connectivity index (χ3n) is 3.25. The van der Waals surface area contributed by atoms with Crippen molar-refractivity contribution >= 4 is 5.95 Å². The Morgan fingerprint density at radius 2 is 2.29 bits per heavy atom. The molecule has 1 saturated heterocycles. The van der Waals surface area contributed by atoms with E-state index in [0.29, 0.717) is 0 Å². The molecule has 1 saturated carbocycles. The van der Waals surface area contributed by atoms with Crippen molar-refractivity contribution in [3.63, 3.8) is 0 Å². The van der Waals surface area contributed by atoms with Gasteiger partial charge in [0.2, 0.25) is 5.95 Å². The molecule has 2 fully saturated rings. The van der Waals surface area contributed by atoms with Crippen LogP contribution in [0, 0.1) is 17.8 Å². The van der Waals surface area contributed by atoms with E-state index in [1.54, 1.807) is 4.68 Å². The van der Waals surface area contributed by atoms with Crippen LogP contribution in [0.4, 0.5) is 5.95 Å². The summed E-state index contributed by atoms with van der Waals surface area (Å²) < 4.78 is 6.97. The minimum Gasteiger partial charge on any atom is -0.381 e. The fourth-order valence-corrected chi connectivity index (χ4v) is 2.25. The molecule has 6 nitrogen and oxygen atoms in total. The molecule has 2 heterocycles. The highest BCUT2D eigenvalue weighted by Crippen LogP contribution is 2.50. The van der Waals surface area contributed by atoms with Crippen LogP contribution < -0.4 is 5.32 Å². The second-order valence-corrected chi connectivity index (χ2v) is 4.04. The van der Waals surface area contributed by atoms with E-state index in [1.807, 2.05) is 7.05 Å². The Hall–Kier alpha value is -1.17. The minimum atomic E-state index is 0.746. The molecule has 1 aromatic heterocycles. The van der Waals surface area contributed by atoms with Gasteiger partial charge < -0.3 is 10.1 Å². The van der Waals surface area contributed by atoms with Crippen LogP contribution in [0.3, 0.4) is 0 Å².